The summed E-state index contributed by atoms with van der Waals surface area (Å²) in [5, 5.41) is 8.71. The molecule has 3 heterocycles. The molecule has 3 aliphatic rings. The van der Waals surface area contributed by atoms with Gasteiger partial charge in [0.15, 0.2) is 0 Å². The highest BCUT2D eigenvalue weighted by atomic mass is 19.4. The number of piperidine rings is 2. The summed E-state index contributed by atoms with van der Waals surface area (Å²) in [7, 11) is 2.07. The van der Waals surface area contributed by atoms with Crippen molar-refractivity contribution in [2.45, 2.75) is 76.0 Å². The maximum Gasteiger partial charge on any atom is 0.403 e. The van der Waals surface area contributed by atoms with Crippen molar-refractivity contribution in [2.75, 3.05) is 20.3 Å². The van der Waals surface area contributed by atoms with Gasteiger partial charge in [0.1, 0.15) is 6.04 Å². The number of nitrogens with zero attached hydrogens (tertiary/aromatic N) is 1. The maximum absolute atomic E-state index is 13.0. The molecule has 0 aromatic carbocycles. The number of alkyl halides is 3. The highest BCUT2D eigenvalue weighted by Crippen LogP contribution is 2.29. The highest BCUT2D eigenvalue weighted by molar-refractivity contribution is 5.82. The smallest absolute Gasteiger partial charge is 0.339 e. The first kappa shape index (κ1) is 21.8. The van der Waals surface area contributed by atoms with Crippen molar-refractivity contribution < 1.29 is 18.0 Å². The van der Waals surface area contributed by atoms with E-state index >= 15 is 0 Å². The Morgan fingerprint density at radius 3 is 2.75 bits per heavy atom. The molecule has 0 aromatic heterocycles. The van der Waals surface area contributed by atoms with E-state index in [9.17, 15) is 18.0 Å². The number of rotatable bonds is 5. The molecule has 28 heavy (non-hydrogen) atoms. The molecule has 5 unspecified atom stereocenters. The van der Waals surface area contributed by atoms with E-state index in [1.807, 2.05) is 0 Å². The monoisotopic (exact) mass is 406 g/mol. The molecule has 10 heteroatoms. The second-order valence-electron chi connectivity index (χ2n) is 8.51. The van der Waals surface area contributed by atoms with Crippen molar-refractivity contribution in [1.82, 2.24) is 31.7 Å². The first-order chi connectivity index (χ1) is 13.2. The molecule has 162 valence electrons. The van der Waals surface area contributed by atoms with Crippen molar-refractivity contribution >= 4 is 5.91 Å². The van der Waals surface area contributed by atoms with Crippen LogP contribution in [0, 0.1) is 11.8 Å². The molecule has 3 saturated heterocycles. The lowest BCUT2D eigenvalue weighted by Gasteiger charge is -2.37. The van der Waals surface area contributed by atoms with Crippen molar-refractivity contribution in [3.05, 3.63) is 0 Å². The van der Waals surface area contributed by atoms with E-state index in [1.54, 1.807) is 0 Å². The van der Waals surface area contributed by atoms with Crippen LogP contribution < -0.4 is 26.8 Å². The molecule has 0 radical (unpaired) electrons. The lowest BCUT2D eigenvalue weighted by molar-refractivity contribution is -0.164. The van der Waals surface area contributed by atoms with Crippen molar-refractivity contribution in [1.29, 1.82) is 0 Å². The Hall–Kier alpha value is -0.940. The zero-order chi connectivity index (χ0) is 20.3. The Labute approximate surface area is 164 Å². The highest BCUT2D eigenvalue weighted by Gasteiger charge is 2.43. The Morgan fingerprint density at radius 2 is 2.07 bits per heavy atom. The predicted octanol–water partition coefficient (Wildman–Crippen LogP) is 0.851. The van der Waals surface area contributed by atoms with Crippen LogP contribution in [-0.2, 0) is 4.79 Å². The largest absolute Gasteiger partial charge is 0.403 e. The first-order valence-electron chi connectivity index (χ1n) is 10.3. The molecule has 0 aromatic rings. The summed E-state index contributed by atoms with van der Waals surface area (Å²) < 4.78 is 38.9. The molecule has 3 rings (SSSR count). The Kier molecular flexibility index (Phi) is 7.19. The fourth-order valence-electron chi connectivity index (χ4n) is 4.54. The van der Waals surface area contributed by atoms with Gasteiger partial charge in [-0.3, -0.25) is 20.3 Å². The Balaban J connectivity index is 1.48. The summed E-state index contributed by atoms with van der Waals surface area (Å²) in [6.45, 7) is 3.85. The summed E-state index contributed by atoms with van der Waals surface area (Å²) in [6, 6.07) is -2.36. The average Bonchev–Trinajstić information content (AvgIpc) is 3.06. The minimum Gasteiger partial charge on any atom is -0.339 e. The normalized spacial score (nSPS) is 36.2. The quantitative estimate of drug-likeness (QED) is 0.466. The maximum atomic E-state index is 13.0. The van der Waals surface area contributed by atoms with Crippen molar-refractivity contribution in [2.24, 2.45) is 11.8 Å². The third kappa shape index (κ3) is 5.56. The Bertz CT molecular complexity index is 534. The number of hydrogen-bond donors (Lipinski definition) is 5. The van der Waals surface area contributed by atoms with Crippen molar-refractivity contribution in [3.8, 4) is 0 Å². The number of hydrazine groups is 1. The van der Waals surface area contributed by atoms with Gasteiger partial charge in [0.25, 0.3) is 0 Å². The predicted molar refractivity (Wildman–Crippen MR) is 99.7 cm³/mol. The second kappa shape index (κ2) is 9.25. The summed E-state index contributed by atoms with van der Waals surface area (Å²) >= 11 is 0. The molecular formula is C18H33F3N6O. The second-order valence-corrected chi connectivity index (χ2v) is 8.51. The number of carbonyl (C=O) groups is 1. The van der Waals surface area contributed by atoms with E-state index in [4.69, 9.17) is 0 Å². The number of hydrogen-bond acceptors (Lipinski definition) is 6. The van der Waals surface area contributed by atoms with Gasteiger partial charge in [0.05, 0.1) is 25.0 Å². The Morgan fingerprint density at radius 1 is 1.29 bits per heavy atom. The number of halogens is 3. The molecule has 0 spiro atoms. The van der Waals surface area contributed by atoms with E-state index in [0.29, 0.717) is 30.8 Å². The van der Waals surface area contributed by atoms with Crippen LogP contribution in [0.3, 0.4) is 0 Å². The fourth-order valence-corrected chi connectivity index (χ4v) is 4.54. The van der Waals surface area contributed by atoms with Crippen molar-refractivity contribution in [3.63, 3.8) is 0 Å². The molecular weight excluding hydrogens is 373 g/mol. The summed E-state index contributed by atoms with van der Waals surface area (Å²) in [6.07, 6.45) is -0.474. The standard InChI is InChI=1S/C18H33F3N6O/c1-11(8-16-26-23-10-27(16)2)12-6-7-22-15(9-12)25-17(28)13-4-3-5-14(24-13)18(19,20)21/h11-16,22-24,26H,3-10H2,1-2H3,(H,25,28)/t11-,12?,13?,14?,15?,16?/m1/s1. The van der Waals surface area contributed by atoms with E-state index in [2.05, 4.69) is 45.7 Å². The van der Waals surface area contributed by atoms with Gasteiger partial charge in [-0.2, -0.15) is 13.2 Å². The number of carbonyl (C=O) groups excluding carboxylic acids is 1. The molecule has 3 aliphatic heterocycles. The van der Waals surface area contributed by atoms with Crippen LogP contribution in [0.5, 0.6) is 0 Å². The van der Waals surface area contributed by atoms with E-state index < -0.39 is 18.3 Å². The number of amides is 1. The van der Waals surface area contributed by atoms with E-state index in [0.717, 1.165) is 32.5 Å². The van der Waals surface area contributed by atoms with Gasteiger partial charge in [-0.25, -0.2) is 10.9 Å². The number of nitrogens with one attached hydrogen (secondary N) is 5. The third-order valence-electron chi connectivity index (χ3n) is 6.39. The lowest BCUT2D eigenvalue weighted by atomic mass is 9.82. The molecule has 6 atom stereocenters. The minimum absolute atomic E-state index is 0.0348. The zero-order valence-electron chi connectivity index (χ0n) is 16.6. The van der Waals surface area contributed by atoms with Crippen LogP contribution in [-0.4, -0.2) is 61.7 Å². The lowest BCUT2D eigenvalue weighted by Crippen LogP contribution is -2.59. The molecule has 5 N–H and O–H groups in total. The van der Waals surface area contributed by atoms with Gasteiger partial charge >= 0.3 is 6.18 Å². The SMILES string of the molecule is C[C@H](CC1NNCN1C)C1CCNC(NC(=O)C2CCCC(C(F)(F)F)N2)C1. The topological polar surface area (TPSA) is 80.5 Å². The molecule has 1 amide bonds. The van der Waals surface area contributed by atoms with Gasteiger partial charge in [-0.15, -0.1) is 0 Å². The summed E-state index contributed by atoms with van der Waals surface area (Å²) in [5.74, 6) is 0.606. The first-order valence-corrected chi connectivity index (χ1v) is 10.3. The minimum atomic E-state index is -4.31. The van der Waals surface area contributed by atoms with E-state index in [-0.39, 0.29) is 18.5 Å². The molecule has 7 nitrogen and oxygen atoms in total. The van der Waals surface area contributed by atoms with Crippen LogP contribution in [0.4, 0.5) is 13.2 Å². The van der Waals surface area contributed by atoms with Gasteiger partial charge in [-0.05, 0) is 64.0 Å². The van der Waals surface area contributed by atoms with Crippen LogP contribution in [0.2, 0.25) is 0 Å². The zero-order valence-corrected chi connectivity index (χ0v) is 16.6. The van der Waals surface area contributed by atoms with Gasteiger partial charge in [0, 0.05) is 0 Å². The van der Waals surface area contributed by atoms with Gasteiger partial charge < -0.3 is 5.32 Å². The third-order valence-corrected chi connectivity index (χ3v) is 6.39. The van der Waals surface area contributed by atoms with Gasteiger partial charge in [0.2, 0.25) is 5.91 Å². The molecule has 3 fully saturated rings. The summed E-state index contributed by atoms with van der Waals surface area (Å²) in [5.41, 5.74) is 6.40. The van der Waals surface area contributed by atoms with Crippen LogP contribution in [0.15, 0.2) is 0 Å². The van der Waals surface area contributed by atoms with Crippen LogP contribution >= 0.6 is 0 Å². The van der Waals surface area contributed by atoms with Crippen LogP contribution in [0.25, 0.3) is 0 Å². The van der Waals surface area contributed by atoms with Crippen LogP contribution in [0.1, 0.15) is 45.4 Å². The molecule has 0 bridgehead atoms. The van der Waals surface area contributed by atoms with Gasteiger partial charge in [-0.1, -0.05) is 6.92 Å². The molecule has 0 saturated carbocycles. The average molecular weight is 406 g/mol. The molecule has 0 aliphatic carbocycles. The van der Waals surface area contributed by atoms with E-state index in [1.165, 1.54) is 0 Å². The fraction of sp³-hybridized carbons (Fsp3) is 0.944. The summed E-state index contributed by atoms with van der Waals surface area (Å²) in [4.78, 5) is 14.8.